The molecule has 0 spiro atoms. The molecule has 2 rings (SSSR count). The number of piperidine rings is 1. The summed E-state index contributed by atoms with van der Waals surface area (Å²) in [5, 5.41) is 0. The van der Waals surface area contributed by atoms with Gasteiger partial charge in [-0.05, 0) is 56.2 Å². The highest BCUT2D eigenvalue weighted by atomic mass is 16.5. The van der Waals surface area contributed by atoms with Gasteiger partial charge in [-0.25, -0.2) is 4.79 Å². The van der Waals surface area contributed by atoms with Gasteiger partial charge in [-0.1, -0.05) is 25.1 Å². The molecule has 1 amide bonds. The van der Waals surface area contributed by atoms with Gasteiger partial charge in [-0.2, -0.15) is 0 Å². The molecule has 126 valence electrons. The fourth-order valence-electron chi connectivity index (χ4n) is 3.29. The predicted molar refractivity (Wildman–Crippen MR) is 90.2 cm³/mol. The summed E-state index contributed by atoms with van der Waals surface area (Å²) >= 11 is 0. The minimum atomic E-state index is -0.428. The van der Waals surface area contributed by atoms with E-state index < -0.39 is 6.04 Å². The van der Waals surface area contributed by atoms with Crippen molar-refractivity contribution < 1.29 is 14.3 Å². The fourth-order valence-corrected chi connectivity index (χ4v) is 3.29. The first kappa shape index (κ1) is 17.5. The second-order valence-electron chi connectivity index (χ2n) is 6.54. The average molecular weight is 317 g/mol. The van der Waals surface area contributed by atoms with E-state index in [4.69, 9.17) is 4.74 Å². The number of esters is 1. The number of amides is 1. The van der Waals surface area contributed by atoms with Gasteiger partial charge in [0.05, 0.1) is 13.0 Å². The van der Waals surface area contributed by atoms with Crippen molar-refractivity contribution in [3.63, 3.8) is 0 Å². The highest BCUT2D eigenvalue weighted by molar-refractivity contribution is 5.86. The third-order valence-corrected chi connectivity index (χ3v) is 4.67. The number of carbonyl (C=O) groups excluding carboxylic acids is 2. The van der Waals surface area contributed by atoms with Gasteiger partial charge in [-0.15, -0.1) is 0 Å². The standard InChI is InChI=1S/C19H27NO3/c1-5-23-19(22)17-10-9-13(2)12-20(17)18(21)11-16-14(3)7-6-8-15(16)4/h6-8,13,17H,5,9-12H2,1-4H3. The number of ether oxygens (including phenoxy) is 1. The van der Waals surface area contributed by atoms with Crippen LogP contribution < -0.4 is 0 Å². The van der Waals surface area contributed by atoms with E-state index in [9.17, 15) is 9.59 Å². The van der Waals surface area contributed by atoms with E-state index in [1.54, 1.807) is 11.8 Å². The number of carbonyl (C=O) groups is 2. The van der Waals surface area contributed by atoms with Crippen molar-refractivity contribution in [2.75, 3.05) is 13.2 Å². The Morgan fingerprint density at radius 1 is 1.22 bits per heavy atom. The number of hydrogen-bond donors (Lipinski definition) is 0. The molecule has 0 saturated carbocycles. The third kappa shape index (κ3) is 4.12. The zero-order chi connectivity index (χ0) is 17.0. The van der Waals surface area contributed by atoms with E-state index in [0.29, 0.717) is 31.9 Å². The summed E-state index contributed by atoms with van der Waals surface area (Å²) in [7, 11) is 0. The van der Waals surface area contributed by atoms with Crippen LogP contribution in [0.3, 0.4) is 0 Å². The Balaban J connectivity index is 2.18. The molecule has 0 aliphatic carbocycles. The van der Waals surface area contributed by atoms with Gasteiger partial charge in [0, 0.05) is 6.54 Å². The molecule has 4 nitrogen and oxygen atoms in total. The van der Waals surface area contributed by atoms with Gasteiger partial charge in [0.15, 0.2) is 0 Å². The number of rotatable bonds is 4. The van der Waals surface area contributed by atoms with Crippen molar-refractivity contribution in [3.05, 3.63) is 34.9 Å². The van der Waals surface area contributed by atoms with Crippen molar-refractivity contribution in [1.29, 1.82) is 0 Å². The van der Waals surface area contributed by atoms with Crippen LogP contribution in [0.4, 0.5) is 0 Å². The Morgan fingerprint density at radius 3 is 2.48 bits per heavy atom. The summed E-state index contributed by atoms with van der Waals surface area (Å²) in [6.07, 6.45) is 2.00. The monoisotopic (exact) mass is 317 g/mol. The first-order valence-corrected chi connectivity index (χ1v) is 8.45. The molecule has 1 aromatic rings. The molecular formula is C19H27NO3. The van der Waals surface area contributed by atoms with Crippen molar-refractivity contribution in [2.45, 2.75) is 53.0 Å². The van der Waals surface area contributed by atoms with Crippen LogP contribution >= 0.6 is 0 Å². The first-order valence-electron chi connectivity index (χ1n) is 8.45. The highest BCUT2D eigenvalue weighted by Crippen LogP contribution is 2.24. The zero-order valence-electron chi connectivity index (χ0n) is 14.6. The van der Waals surface area contributed by atoms with Crippen molar-refractivity contribution in [1.82, 2.24) is 4.90 Å². The number of nitrogens with zero attached hydrogens (tertiary/aromatic N) is 1. The Labute approximate surface area is 138 Å². The Kier molecular flexibility index (Phi) is 5.80. The van der Waals surface area contributed by atoms with Crippen molar-refractivity contribution >= 4 is 11.9 Å². The quantitative estimate of drug-likeness (QED) is 0.802. The summed E-state index contributed by atoms with van der Waals surface area (Å²) in [4.78, 5) is 26.8. The van der Waals surface area contributed by atoms with Crippen LogP contribution in [0, 0.1) is 19.8 Å². The van der Waals surface area contributed by atoms with Gasteiger partial charge >= 0.3 is 5.97 Å². The topological polar surface area (TPSA) is 46.6 Å². The van der Waals surface area contributed by atoms with Crippen LogP contribution in [-0.4, -0.2) is 36.0 Å². The maximum atomic E-state index is 12.9. The van der Waals surface area contributed by atoms with Crippen LogP contribution in [-0.2, 0) is 20.7 Å². The SMILES string of the molecule is CCOC(=O)C1CCC(C)CN1C(=O)Cc1c(C)cccc1C. The second kappa shape index (κ2) is 7.62. The smallest absolute Gasteiger partial charge is 0.328 e. The molecule has 1 aliphatic heterocycles. The van der Waals surface area contributed by atoms with E-state index in [1.807, 2.05) is 32.0 Å². The van der Waals surface area contributed by atoms with E-state index in [1.165, 1.54) is 0 Å². The van der Waals surface area contributed by atoms with Crippen molar-refractivity contribution in [2.24, 2.45) is 5.92 Å². The lowest BCUT2D eigenvalue weighted by molar-refractivity contribution is -0.157. The van der Waals surface area contributed by atoms with Gasteiger partial charge in [0.1, 0.15) is 6.04 Å². The number of likely N-dealkylation sites (tertiary alicyclic amines) is 1. The molecule has 0 radical (unpaired) electrons. The highest BCUT2D eigenvalue weighted by Gasteiger charge is 2.35. The zero-order valence-corrected chi connectivity index (χ0v) is 14.6. The molecule has 1 fully saturated rings. The largest absolute Gasteiger partial charge is 0.464 e. The molecule has 1 aliphatic rings. The van der Waals surface area contributed by atoms with Crippen LogP contribution in [0.15, 0.2) is 18.2 Å². The molecule has 1 saturated heterocycles. The summed E-state index contributed by atoms with van der Waals surface area (Å²) in [5.41, 5.74) is 3.31. The fraction of sp³-hybridized carbons (Fsp3) is 0.579. The predicted octanol–water partition coefficient (Wildman–Crippen LogP) is 3.04. The van der Waals surface area contributed by atoms with Gasteiger partial charge < -0.3 is 9.64 Å². The van der Waals surface area contributed by atoms with Gasteiger partial charge in [0.2, 0.25) is 5.91 Å². The second-order valence-corrected chi connectivity index (χ2v) is 6.54. The van der Waals surface area contributed by atoms with Crippen LogP contribution in [0.2, 0.25) is 0 Å². The van der Waals surface area contributed by atoms with E-state index in [2.05, 4.69) is 6.92 Å². The maximum absolute atomic E-state index is 12.9. The molecule has 2 unspecified atom stereocenters. The number of benzene rings is 1. The molecule has 0 bridgehead atoms. The molecule has 2 atom stereocenters. The first-order chi connectivity index (χ1) is 10.9. The third-order valence-electron chi connectivity index (χ3n) is 4.67. The molecule has 0 N–H and O–H groups in total. The summed E-state index contributed by atoms with van der Waals surface area (Å²) in [5.74, 6) is 0.170. The Hall–Kier alpha value is -1.84. The minimum absolute atomic E-state index is 0.0204. The maximum Gasteiger partial charge on any atom is 0.328 e. The molecule has 0 aromatic heterocycles. The summed E-state index contributed by atoms with van der Waals surface area (Å²) in [6, 6.07) is 5.63. The number of aryl methyl sites for hydroxylation is 2. The number of hydrogen-bond acceptors (Lipinski definition) is 3. The molecule has 1 aromatic carbocycles. The van der Waals surface area contributed by atoms with Gasteiger partial charge in [-0.3, -0.25) is 4.79 Å². The summed E-state index contributed by atoms with van der Waals surface area (Å²) < 4.78 is 5.16. The van der Waals surface area contributed by atoms with E-state index >= 15 is 0 Å². The Morgan fingerprint density at radius 2 is 1.87 bits per heavy atom. The lowest BCUT2D eigenvalue weighted by Crippen LogP contribution is -2.51. The molecular weight excluding hydrogens is 290 g/mol. The average Bonchev–Trinajstić information content (AvgIpc) is 2.51. The van der Waals surface area contributed by atoms with Crippen LogP contribution in [0.25, 0.3) is 0 Å². The van der Waals surface area contributed by atoms with Crippen LogP contribution in [0.1, 0.15) is 43.4 Å². The minimum Gasteiger partial charge on any atom is -0.464 e. The lowest BCUT2D eigenvalue weighted by atomic mass is 9.92. The Bertz CT molecular complexity index is 562. The molecule has 1 heterocycles. The molecule has 4 heteroatoms. The summed E-state index contributed by atoms with van der Waals surface area (Å²) in [6.45, 7) is 8.96. The normalized spacial score (nSPS) is 21.1. The van der Waals surface area contributed by atoms with Crippen molar-refractivity contribution in [3.8, 4) is 0 Å². The van der Waals surface area contributed by atoms with E-state index in [0.717, 1.165) is 23.1 Å². The van der Waals surface area contributed by atoms with Gasteiger partial charge in [0.25, 0.3) is 0 Å². The molecule has 23 heavy (non-hydrogen) atoms. The van der Waals surface area contributed by atoms with Crippen LogP contribution in [0.5, 0.6) is 0 Å². The van der Waals surface area contributed by atoms with E-state index in [-0.39, 0.29) is 11.9 Å². The lowest BCUT2D eigenvalue weighted by Gasteiger charge is -2.37.